The summed E-state index contributed by atoms with van der Waals surface area (Å²) in [7, 11) is 1.59. The van der Waals surface area contributed by atoms with Crippen molar-refractivity contribution in [2.75, 3.05) is 51.3 Å². The van der Waals surface area contributed by atoms with Crippen molar-refractivity contribution in [3.05, 3.63) is 12.3 Å². The van der Waals surface area contributed by atoms with Gasteiger partial charge in [-0.2, -0.15) is 4.98 Å². The molecule has 0 unspecified atom stereocenters. The highest BCUT2D eigenvalue weighted by molar-refractivity contribution is 5.71. The summed E-state index contributed by atoms with van der Waals surface area (Å²) in [5, 5.41) is 0. The number of hydrogen-bond donors (Lipinski definition) is 0. The molecule has 2 rings (SSSR count). The molecule has 1 aliphatic rings. The lowest BCUT2D eigenvalue weighted by Crippen LogP contribution is -2.48. The number of ether oxygens (including phenoxy) is 2. The van der Waals surface area contributed by atoms with Crippen LogP contribution in [0.2, 0.25) is 0 Å². The molecule has 2 heterocycles. The minimum Gasteiger partial charge on any atom is -0.481 e. The summed E-state index contributed by atoms with van der Waals surface area (Å²) in [6.07, 6.45) is 1.69. The van der Waals surface area contributed by atoms with Crippen LogP contribution in [-0.4, -0.2) is 67.3 Å². The Kier molecular flexibility index (Phi) is 5.11. The van der Waals surface area contributed by atoms with Crippen molar-refractivity contribution in [2.24, 2.45) is 0 Å². The lowest BCUT2D eigenvalue weighted by Gasteiger charge is -2.34. The Hall–Kier alpha value is -1.89. The van der Waals surface area contributed by atoms with E-state index in [4.69, 9.17) is 9.47 Å². The second kappa shape index (κ2) is 7.04. The van der Waals surface area contributed by atoms with Crippen LogP contribution in [0, 0.1) is 0 Å². The van der Waals surface area contributed by atoms with Crippen LogP contribution in [0.15, 0.2) is 12.3 Å². The van der Waals surface area contributed by atoms with Crippen LogP contribution in [0.4, 0.5) is 5.95 Å². The van der Waals surface area contributed by atoms with Crippen molar-refractivity contribution in [3.63, 3.8) is 0 Å². The first-order chi connectivity index (χ1) is 9.72. The molecule has 1 aliphatic heterocycles. The topological polar surface area (TPSA) is 67.8 Å². The first kappa shape index (κ1) is 14.5. The SMILES string of the molecule is CCOC(=O)CN1CCN(c2nccc(OC)n2)CC1. The monoisotopic (exact) mass is 280 g/mol. The van der Waals surface area contributed by atoms with Gasteiger partial charge in [0.1, 0.15) is 0 Å². The molecule has 1 saturated heterocycles. The fraction of sp³-hybridized carbons (Fsp3) is 0.615. The van der Waals surface area contributed by atoms with E-state index in [2.05, 4.69) is 19.8 Å². The molecule has 0 amide bonds. The number of carbonyl (C=O) groups excluding carboxylic acids is 1. The summed E-state index contributed by atoms with van der Waals surface area (Å²) >= 11 is 0. The maximum Gasteiger partial charge on any atom is 0.320 e. The zero-order valence-corrected chi connectivity index (χ0v) is 11.9. The highest BCUT2D eigenvalue weighted by Gasteiger charge is 2.21. The zero-order valence-electron chi connectivity index (χ0n) is 11.9. The van der Waals surface area contributed by atoms with Crippen molar-refractivity contribution in [3.8, 4) is 5.88 Å². The molecule has 20 heavy (non-hydrogen) atoms. The number of carbonyl (C=O) groups is 1. The number of esters is 1. The first-order valence-corrected chi connectivity index (χ1v) is 6.73. The van der Waals surface area contributed by atoms with Gasteiger partial charge >= 0.3 is 5.97 Å². The van der Waals surface area contributed by atoms with Gasteiger partial charge in [-0.15, -0.1) is 0 Å². The number of methoxy groups -OCH3 is 1. The fourth-order valence-electron chi connectivity index (χ4n) is 2.09. The molecule has 0 N–H and O–H groups in total. The van der Waals surface area contributed by atoms with Crippen LogP contribution >= 0.6 is 0 Å². The smallest absolute Gasteiger partial charge is 0.320 e. The highest BCUT2D eigenvalue weighted by Crippen LogP contribution is 2.14. The molecule has 1 aromatic heterocycles. The van der Waals surface area contributed by atoms with Crippen LogP contribution in [0.5, 0.6) is 5.88 Å². The molecular weight excluding hydrogens is 260 g/mol. The number of piperazine rings is 1. The third-order valence-corrected chi connectivity index (χ3v) is 3.14. The summed E-state index contributed by atoms with van der Waals surface area (Å²) in [5.74, 6) is 1.06. The highest BCUT2D eigenvalue weighted by atomic mass is 16.5. The van der Waals surface area contributed by atoms with Gasteiger partial charge in [0.05, 0.1) is 20.3 Å². The van der Waals surface area contributed by atoms with E-state index in [0.717, 1.165) is 26.2 Å². The third kappa shape index (κ3) is 3.80. The standard InChI is InChI=1S/C13H20N4O3/c1-3-20-12(18)10-16-6-8-17(9-7-16)13-14-5-4-11(15-13)19-2/h4-5H,3,6-10H2,1-2H3. The Balaban J connectivity index is 1.86. The minimum atomic E-state index is -0.168. The maximum absolute atomic E-state index is 11.4. The summed E-state index contributed by atoms with van der Waals surface area (Å²) < 4.78 is 10.0. The van der Waals surface area contributed by atoms with Crippen molar-refractivity contribution in [2.45, 2.75) is 6.92 Å². The van der Waals surface area contributed by atoms with Gasteiger partial charge in [-0.3, -0.25) is 9.69 Å². The lowest BCUT2D eigenvalue weighted by atomic mass is 10.3. The molecule has 0 atom stereocenters. The average molecular weight is 280 g/mol. The summed E-state index contributed by atoms with van der Waals surface area (Å²) in [4.78, 5) is 24.2. The van der Waals surface area contributed by atoms with Gasteiger partial charge in [-0.05, 0) is 6.92 Å². The Labute approximate surface area is 118 Å². The second-order valence-corrected chi connectivity index (χ2v) is 4.47. The molecule has 0 aliphatic carbocycles. The summed E-state index contributed by atoms with van der Waals surface area (Å²) in [6.45, 7) is 5.74. The van der Waals surface area contributed by atoms with E-state index in [1.807, 2.05) is 6.92 Å². The average Bonchev–Trinajstić information content (AvgIpc) is 2.48. The molecular formula is C13H20N4O3. The van der Waals surface area contributed by atoms with E-state index in [1.54, 1.807) is 19.4 Å². The van der Waals surface area contributed by atoms with Crippen molar-refractivity contribution >= 4 is 11.9 Å². The zero-order chi connectivity index (χ0) is 14.4. The summed E-state index contributed by atoms with van der Waals surface area (Å²) in [5.41, 5.74) is 0. The molecule has 0 aromatic carbocycles. The summed E-state index contributed by atoms with van der Waals surface area (Å²) in [6, 6.07) is 1.72. The van der Waals surface area contributed by atoms with E-state index in [0.29, 0.717) is 25.0 Å². The van der Waals surface area contributed by atoms with E-state index >= 15 is 0 Å². The van der Waals surface area contributed by atoms with Gasteiger partial charge < -0.3 is 14.4 Å². The van der Waals surface area contributed by atoms with Gasteiger partial charge in [-0.1, -0.05) is 0 Å². The van der Waals surface area contributed by atoms with Crippen LogP contribution < -0.4 is 9.64 Å². The van der Waals surface area contributed by atoms with E-state index in [1.165, 1.54) is 0 Å². The number of nitrogens with zero attached hydrogens (tertiary/aromatic N) is 4. The fourth-order valence-corrected chi connectivity index (χ4v) is 2.09. The molecule has 1 fully saturated rings. The Morgan fingerprint density at radius 2 is 2.10 bits per heavy atom. The maximum atomic E-state index is 11.4. The molecule has 7 heteroatoms. The number of rotatable bonds is 5. The number of anilines is 1. The molecule has 0 spiro atoms. The quantitative estimate of drug-likeness (QED) is 0.712. The van der Waals surface area contributed by atoms with Crippen LogP contribution in [0.1, 0.15) is 6.92 Å². The predicted molar refractivity (Wildman–Crippen MR) is 73.9 cm³/mol. The largest absolute Gasteiger partial charge is 0.481 e. The van der Waals surface area contributed by atoms with Crippen molar-refractivity contribution in [1.82, 2.24) is 14.9 Å². The van der Waals surface area contributed by atoms with Crippen LogP contribution in [-0.2, 0) is 9.53 Å². The predicted octanol–water partition coefficient (Wildman–Crippen LogP) is 0.170. The molecule has 7 nitrogen and oxygen atoms in total. The lowest BCUT2D eigenvalue weighted by molar-refractivity contribution is -0.144. The van der Waals surface area contributed by atoms with E-state index in [-0.39, 0.29) is 5.97 Å². The number of aromatic nitrogens is 2. The van der Waals surface area contributed by atoms with Crippen molar-refractivity contribution in [1.29, 1.82) is 0 Å². The second-order valence-electron chi connectivity index (χ2n) is 4.47. The van der Waals surface area contributed by atoms with E-state index in [9.17, 15) is 4.79 Å². The van der Waals surface area contributed by atoms with Gasteiger partial charge in [0, 0.05) is 38.4 Å². The Morgan fingerprint density at radius 3 is 2.75 bits per heavy atom. The Morgan fingerprint density at radius 1 is 1.35 bits per heavy atom. The van der Waals surface area contributed by atoms with Gasteiger partial charge in [0.15, 0.2) is 0 Å². The number of hydrogen-bond acceptors (Lipinski definition) is 7. The molecule has 0 bridgehead atoms. The van der Waals surface area contributed by atoms with Crippen LogP contribution in [0.25, 0.3) is 0 Å². The van der Waals surface area contributed by atoms with Crippen LogP contribution in [0.3, 0.4) is 0 Å². The molecule has 0 radical (unpaired) electrons. The molecule has 110 valence electrons. The molecule has 0 saturated carbocycles. The van der Waals surface area contributed by atoms with Crippen molar-refractivity contribution < 1.29 is 14.3 Å². The Bertz CT molecular complexity index is 447. The van der Waals surface area contributed by atoms with E-state index < -0.39 is 0 Å². The normalized spacial score (nSPS) is 16.0. The molecule has 1 aromatic rings. The van der Waals surface area contributed by atoms with Gasteiger partial charge in [0.25, 0.3) is 0 Å². The third-order valence-electron chi connectivity index (χ3n) is 3.14. The van der Waals surface area contributed by atoms with Gasteiger partial charge in [-0.25, -0.2) is 4.98 Å². The minimum absolute atomic E-state index is 0.168. The first-order valence-electron chi connectivity index (χ1n) is 6.73. The van der Waals surface area contributed by atoms with Gasteiger partial charge in [0.2, 0.25) is 11.8 Å².